The zero-order valence-corrected chi connectivity index (χ0v) is 11.7. The second kappa shape index (κ2) is 7.50. The fourth-order valence-corrected chi connectivity index (χ4v) is 2.26. The van der Waals surface area contributed by atoms with Crippen molar-refractivity contribution >= 4 is 0 Å². The molecule has 17 heavy (non-hydrogen) atoms. The fraction of sp³-hybridized carbons (Fsp3) is 0.625. The van der Waals surface area contributed by atoms with Crippen molar-refractivity contribution in [3.05, 3.63) is 35.9 Å². The van der Waals surface area contributed by atoms with Crippen molar-refractivity contribution in [1.82, 2.24) is 5.32 Å². The van der Waals surface area contributed by atoms with E-state index in [9.17, 15) is 0 Å². The van der Waals surface area contributed by atoms with E-state index >= 15 is 0 Å². The summed E-state index contributed by atoms with van der Waals surface area (Å²) < 4.78 is 0. The van der Waals surface area contributed by atoms with E-state index in [0.29, 0.717) is 12.1 Å². The van der Waals surface area contributed by atoms with Gasteiger partial charge in [0.2, 0.25) is 0 Å². The van der Waals surface area contributed by atoms with E-state index in [1.54, 1.807) is 0 Å². The van der Waals surface area contributed by atoms with E-state index in [4.69, 9.17) is 0 Å². The molecule has 1 nitrogen and oxygen atoms in total. The lowest BCUT2D eigenvalue weighted by Gasteiger charge is -2.25. The van der Waals surface area contributed by atoms with Gasteiger partial charge in [0, 0.05) is 12.1 Å². The number of benzene rings is 1. The van der Waals surface area contributed by atoms with Crippen LogP contribution in [0.25, 0.3) is 0 Å². The summed E-state index contributed by atoms with van der Waals surface area (Å²) in [4.78, 5) is 0. The van der Waals surface area contributed by atoms with Crippen LogP contribution in [0.1, 0.15) is 46.1 Å². The van der Waals surface area contributed by atoms with Gasteiger partial charge in [-0.15, -0.1) is 0 Å². The first-order valence-electron chi connectivity index (χ1n) is 6.93. The number of aryl methyl sites for hydroxylation is 1. The van der Waals surface area contributed by atoms with Crippen molar-refractivity contribution in [2.45, 2.75) is 59.0 Å². The number of hydrogen-bond donors (Lipinski definition) is 1. The van der Waals surface area contributed by atoms with Gasteiger partial charge in [0.1, 0.15) is 0 Å². The maximum atomic E-state index is 3.74. The van der Waals surface area contributed by atoms with Gasteiger partial charge in [-0.2, -0.15) is 0 Å². The molecule has 0 aliphatic carbocycles. The van der Waals surface area contributed by atoms with E-state index in [2.05, 4.69) is 63.3 Å². The molecule has 0 heterocycles. The SMILES string of the molecule is CCC(NC(C)CCc1ccccc1)C(C)C. The van der Waals surface area contributed by atoms with Crippen LogP contribution in [0.3, 0.4) is 0 Å². The molecule has 0 aromatic heterocycles. The van der Waals surface area contributed by atoms with Gasteiger partial charge < -0.3 is 5.32 Å². The highest BCUT2D eigenvalue weighted by Gasteiger charge is 2.13. The molecule has 0 aliphatic rings. The summed E-state index contributed by atoms with van der Waals surface area (Å²) in [5.41, 5.74) is 1.44. The first kappa shape index (κ1) is 14.2. The molecule has 0 spiro atoms. The second-order valence-electron chi connectivity index (χ2n) is 5.35. The average Bonchev–Trinajstić information content (AvgIpc) is 2.34. The Bertz CT molecular complexity index is 292. The molecule has 0 radical (unpaired) electrons. The molecular weight excluding hydrogens is 206 g/mol. The predicted molar refractivity (Wildman–Crippen MR) is 76.3 cm³/mol. The van der Waals surface area contributed by atoms with Gasteiger partial charge in [-0.1, -0.05) is 51.1 Å². The van der Waals surface area contributed by atoms with Crippen molar-refractivity contribution in [3.8, 4) is 0 Å². The van der Waals surface area contributed by atoms with E-state index in [1.807, 2.05) is 0 Å². The zero-order valence-electron chi connectivity index (χ0n) is 11.7. The second-order valence-corrected chi connectivity index (χ2v) is 5.35. The van der Waals surface area contributed by atoms with Crippen LogP contribution in [-0.2, 0) is 6.42 Å². The molecule has 0 aliphatic heterocycles. The fourth-order valence-electron chi connectivity index (χ4n) is 2.26. The summed E-state index contributed by atoms with van der Waals surface area (Å²) in [5, 5.41) is 3.74. The molecule has 1 rings (SSSR count). The standard InChI is InChI=1S/C16H27N/c1-5-16(13(2)3)17-14(4)11-12-15-9-7-6-8-10-15/h6-10,13-14,16-17H,5,11-12H2,1-4H3. The van der Waals surface area contributed by atoms with Crippen LogP contribution < -0.4 is 5.32 Å². The minimum Gasteiger partial charge on any atom is -0.311 e. The Balaban J connectivity index is 2.32. The van der Waals surface area contributed by atoms with Gasteiger partial charge in [-0.25, -0.2) is 0 Å². The number of rotatable bonds is 7. The minimum absolute atomic E-state index is 0.600. The third kappa shape index (κ3) is 5.36. The van der Waals surface area contributed by atoms with Crippen molar-refractivity contribution in [2.75, 3.05) is 0 Å². The highest BCUT2D eigenvalue weighted by atomic mass is 14.9. The molecule has 1 N–H and O–H groups in total. The van der Waals surface area contributed by atoms with Gasteiger partial charge >= 0.3 is 0 Å². The van der Waals surface area contributed by atoms with Crippen molar-refractivity contribution in [3.63, 3.8) is 0 Å². The molecule has 0 bridgehead atoms. The van der Waals surface area contributed by atoms with Crippen molar-refractivity contribution in [2.24, 2.45) is 5.92 Å². The van der Waals surface area contributed by atoms with Crippen LogP contribution in [-0.4, -0.2) is 12.1 Å². The quantitative estimate of drug-likeness (QED) is 0.749. The lowest BCUT2D eigenvalue weighted by Crippen LogP contribution is -2.39. The molecule has 0 saturated heterocycles. The number of nitrogens with one attached hydrogen (secondary N) is 1. The lowest BCUT2D eigenvalue weighted by molar-refractivity contribution is 0.343. The largest absolute Gasteiger partial charge is 0.311 e. The lowest BCUT2D eigenvalue weighted by atomic mass is 9.99. The predicted octanol–water partition coefficient (Wildman–Crippen LogP) is 4.03. The third-order valence-electron chi connectivity index (χ3n) is 3.45. The van der Waals surface area contributed by atoms with Gasteiger partial charge in [0.15, 0.2) is 0 Å². The molecule has 96 valence electrons. The minimum atomic E-state index is 0.600. The monoisotopic (exact) mass is 233 g/mol. The summed E-state index contributed by atoms with van der Waals surface area (Å²) in [6.07, 6.45) is 3.60. The van der Waals surface area contributed by atoms with Crippen LogP contribution in [0.15, 0.2) is 30.3 Å². The maximum absolute atomic E-state index is 3.74. The van der Waals surface area contributed by atoms with Gasteiger partial charge in [-0.3, -0.25) is 0 Å². The molecule has 1 aromatic rings. The van der Waals surface area contributed by atoms with E-state index in [0.717, 1.165) is 5.92 Å². The molecule has 1 heteroatoms. The summed E-state index contributed by atoms with van der Waals surface area (Å²) in [7, 11) is 0. The van der Waals surface area contributed by atoms with Crippen LogP contribution in [0, 0.1) is 5.92 Å². The average molecular weight is 233 g/mol. The highest BCUT2D eigenvalue weighted by Crippen LogP contribution is 2.10. The summed E-state index contributed by atoms with van der Waals surface area (Å²) >= 11 is 0. The molecule has 0 fully saturated rings. The Morgan fingerprint density at radius 2 is 1.71 bits per heavy atom. The van der Waals surface area contributed by atoms with E-state index < -0.39 is 0 Å². The van der Waals surface area contributed by atoms with E-state index in [-0.39, 0.29) is 0 Å². The Morgan fingerprint density at radius 3 is 2.24 bits per heavy atom. The first-order chi connectivity index (χ1) is 8.13. The molecule has 0 saturated carbocycles. The maximum Gasteiger partial charge on any atom is 0.00899 e. The normalized spacial score (nSPS) is 14.9. The third-order valence-corrected chi connectivity index (χ3v) is 3.45. The molecule has 2 atom stereocenters. The molecule has 2 unspecified atom stereocenters. The highest BCUT2D eigenvalue weighted by molar-refractivity contribution is 5.14. The summed E-state index contributed by atoms with van der Waals surface area (Å²) in [5.74, 6) is 0.721. The Kier molecular flexibility index (Phi) is 6.28. The van der Waals surface area contributed by atoms with Gasteiger partial charge in [-0.05, 0) is 37.7 Å². The Hall–Kier alpha value is -0.820. The zero-order chi connectivity index (χ0) is 12.7. The van der Waals surface area contributed by atoms with Crippen molar-refractivity contribution in [1.29, 1.82) is 0 Å². The van der Waals surface area contributed by atoms with Crippen LogP contribution in [0.2, 0.25) is 0 Å². The smallest absolute Gasteiger partial charge is 0.00899 e. The number of hydrogen-bond acceptors (Lipinski definition) is 1. The van der Waals surface area contributed by atoms with Gasteiger partial charge in [0.25, 0.3) is 0 Å². The van der Waals surface area contributed by atoms with Gasteiger partial charge in [0.05, 0.1) is 0 Å². The molecule has 1 aromatic carbocycles. The van der Waals surface area contributed by atoms with Crippen LogP contribution in [0.4, 0.5) is 0 Å². The topological polar surface area (TPSA) is 12.0 Å². The first-order valence-corrected chi connectivity index (χ1v) is 6.93. The van der Waals surface area contributed by atoms with Crippen molar-refractivity contribution < 1.29 is 0 Å². The van der Waals surface area contributed by atoms with Crippen LogP contribution in [0.5, 0.6) is 0 Å². The Morgan fingerprint density at radius 1 is 1.06 bits per heavy atom. The molecule has 0 amide bonds. The Labute approximate surface area is 107 Å². The van der Waals surface area contributed by atoms with E-state index in [1.165, 1.54) is 24.8 Å². The van der Waals surface area contributed by atoms with Crippen LogP contribution >= 0.6 is 0 Å². The summed E-state index contributed by atoms with van der Waals surface area (Å²) in [6, 6.07) is 12.0. The summed E-state index contributed by atoms with van der Waals surface area (Å²) in [6.45, 7) is 9.16. The molecular formula is C16H27N.